The lowest BCUT2D eigenvalue weighted by Gasteiger charge is -2.39. The molecule has 0 unspecified atom stereocenters. The molecule has 0 amide bonds. The molecule has 2 fully saturated rings. The first-order valence-electron chi connectivity index (χ1n) is 12.7. The Morgan fingerprint density at radius 1 is 1.00 bits per heavy atom. The number of nitrogens with zero attached hydrogens (tertiary/aromatic N) is 4. The number of piperazine rings is 1. The summed E-state index contributed by atoms with van der Waals surface area (Å²) >= 11 is 6.22. The monoisotopic (exact) mass is 533 g/mol. The maximum Gasteiger partial charge on any atom is 0.416 e. The summed E-state index contributed by atoms with van der Waals surface area (Å²) in [6.45, 7) is 6.13. The lowest BCUT2D eigenvalue weighted by Crippen LogP contribution is -2.47. The molecule has 1 N–H and O–H groups in total. The lowest BCUT2D eigenvalue weighted by atomic mass is 9.64. The van der Waals surface area contributed by atoms with Crippen LogP contribution >= 0.6 is 11.6 Å². The number of nitrogens with one attached hydrogen (secondary N) is 1. The highest BCUT2D eigenvalue weighted by Crippen LogP contribution is 2.48. The zero-order valence-electron chi connectivity index (χ0n) is 20.6. The van der Waals surface area contributed by atoms with Crippen molar-refractivity contribution >= 4 is 11.6 Å². The fraction of sp³-hybridized carbons (Fsp3) is 0.481. The van der Waals surface area contributed by atoms with Crippen LogP contribution in [-0.2, 0) is 24.7 Å². The minimum Gasteiger partial charge on any atom is -0.338 e. The van der Waals surface area contributed by atoms with E-state index in [1.807, 2.05) is 18.2 Å². The SMILES string of the molecule is FC(F)(F)c1cccc(CN2CCN(CCNCc3nc(C4(c5cccc(Cl)c5)CCC4)no3)CC2)c1. The first-order chi connectivity index (χ1) is 17.8. The number of benzene rings is 2. The van der Waals surface area contributed by atoms with E-state index >= 15 is 0 Å². The number of rotatable bonds is 9. The minimum absolute atomic E-state index is 0.208. The molecular formula is C27H31ClF3N5O. The summed E-state index contributed by atoms with van der Waals surface area (Å²) in [5, 5.41) is 8.40. The summed E-state index contributed by atoms with van der Waals surface area (Å²) in [6, 6.07) is 13.5. The third kappa shape index (κ3) is 6.17. The van der Waals surface area contributed by atoms with Crippen LogP contribution in [0.25, 0.3) is 0 Å². The number of halogens is 4. The predicted octanol–water partition coefficient (Wildman–Crippen LogP) is 5.12. The van der Waals surface area contributed by atoms with Crippen LogP contribution in [0.5, 0.6) is 0 Å². The van der Waals surface area contributed by atoms with Gasteiger partial charge in [0, 0.05) is 50.8 Å². The molecule has 2 aliphatic rings. The van der Waals surface area contributed by atoms with Crippen LogP contribution in [-0.4, -0.2) is 59.2 Å². The summed E-state index contributed by atoms with van der Waals surface area (Å²) < 4.78 is 44.4. The van der Waals surface area contributed by atoms with E-state index in [0.29, 0.717) is 29.6 Å². The molecule has 10 heteroatoms. The van der Waals surface area contributed by atoms with Gasteiger partial charge < -0.3 is 9.84 Å². The third-order valence-electron chi connectivity index (χ3n) is 7.49. The van der Waals surface area contributed by atoms with Crippen molar-refractivity contribution in [2.45, 2.75) is 43.9 Å². The van der Waals surface area contributed by atoms with Gasteiger partial charge in [-0.3, -0.25) is 9.80 Å². The van der Waals surface area contributed by atoms with Crippen LogP contribution in [0, 0.1) is 0 Å². The van der Waals surface area contributed by atoms with E-state index in [4.69, 9.17) is 21.1 Å². The molecule has 37 heavy (non-hydrogen) atoms. The van der Waals surface area contributed by atoms with Gasteiger partial charge in [0.2, 0.25) is 5.89 Å². The van der Waals surface area contributed by atoms with Crippen molar-refractivity contribution < 1.29 is 17.7 Å². The highest BCUT2D eigenvalue weighted by Gasteiger charge is 2.44. The molecule has 2 heterocycles. The smallest absolute Gasteiger partial charge is 0.338 e. The molecule has 3 aromatic rings. The first-order valence-corrected chi connectivity index (χ1v) is 13.1. The third-order valence-corrected chi connectivity index (χ3v) is 7.72. The van der Waals surface area contributed by atoms with Gasteiger partial charge in [-0.25, -0.2) is 0 Å². The zero-order chi connectivity index (χ0) is 25.9. The molecule has 1 saturated heterocycles. The van der Waals surface area contributed by atoms with E-state index in [-0.39, 0.29) is 5.41 Å². The Kier molecular flexibility index (Phi) is 7.85. The molecule has 0 bridgehead atoms. The van der Waals surface area contributed by atoms with Crippen LogP contribution in [0.4, 0.5) is 13.2 Å². The molecule has 0 radical (unpaired) electrons. The summed E-state index contributed by atoms with van der Waals surface area (Å²) in [4.78, 5) is 9.25. The second-order valence-electron chi connectivity index (χ2n) is 9.95. The van der Waals surface area contributed by atoms with Gasteiger partial charge in [-0.15, -0.1) is 0 Å². The fourth-order valence-electron chi connectivity index (χ4n) is 5.19. The molecule has 1 saturated carbocycles. The summed E-state index contributed by atoms with van der Waals surface area (Å²) in [5.41, 5.74) is 1.04. The topological polar surface area (TPSA) is 57.4 Å². The Hall–Kier alpha value is -2.46. The average molecular weight is 534 g/mol. The Bertz CT molecular complexity index is 1190. The lowest BCUT2D eigenvalue weighted by molar-refractivity contribution is -0.137. The predicted molar refractivity (Wildman–Crippen MR) is 135 cm³/mol. The Morgan fingerprint density at radius 2 is 1.76 bits per heavy atom. The Labute approximate surface area is 219 Å². The number of alkyl halides is 3. The normalized spacial score (nSPS) is 18.6. The average Bonchev–Trinajstić information content (AvgIpc) is 3.31. The first kappa shape index (κ1) is 26.2. The Balaban J connectivity index is 1.05. The van der Waals surface area contributed by atoms with E-state index in [1.165, 1.54) is 12.1 Å². The van der Waals surface area contributed by atoms with Gasteiger partial charge in [0.05, 0.1) is 17.5 Å². The number of hydrogen-bond donors (Lipinski definition) is 1. The van der Waals surface area contributed by atoms with Gasteiger partial charge in [-0.05, 0) is 42.2 Å². The molecule has 2 aromatic carbocycles. The maximum absolute atomic E-state index is 13.0. The van der Waals surface area contributed by atoms with Gasteiger partial charge in [0.25, 0.3) is 0 Å². The molecule has 6 nitrogen and oxygen atoms in total. The quantitative estimate of drug-likeness (QED) is 0.385. The largest absolute Gasteiger partial charge is 0.416 e. The van der Waals surface area contributed by atoms with Crippen LogP contribution in [0.15, 0.2) is 53.1 Å². The van der Waals surface area contributed by atoms with E-state index in [9.17, 15) is 13.2 Å². The highest BCUT2D eigenvalue weighted by atomic mass is 35.5. The summed E-state index contributed by atoms with van der Waals surface area (Å²) in [5.74, 6) is 1.31. The number of hydrogen-bond acceptors (Lipinski definition) is 6. The second-order valence-corrected chi connectivity index (χ2v) is 10.4. The number of aromatic nitrogens is 2. The summed E-state index contributed by atoms with van der Waals surface area (Å²) in [7, 11) is 0. The van der Waals surface area contributed by atoms with Gasteiger partial charge in [0.1, 0.15) is 0 Å². The van der Waals surface area contributed by atoms with Gasteiger partial charge in [0.15, 0.2) is 5.82 Å². The Morgan fingerprint density at radius 3 is 2.46 bits per heavy atom. The van der Waals surface area contributed by atoms with Gasteiger partial charge in [-0.1, -0.05) is 53.5 Å². The van der Waals surface area contributed by atoms with Crippen molar-refractivity contribution in [2.24, 2.45) is 0 Å². The highest BCUT2D eigenvalue weighted by molar-refractivity contribution is 6.30. The minimum atomic E-state index is -4.31. The van der Waals surface area contributed by atoms with E-state index in [1.54, 1.807) is 6.07 Å². The molecule has 5 rings (SSSR count). The van der Waals surface area contributed by atoms with E-state index in [0.717, 1.165) is 76.0 Å². The molecule has 198 valence electrons. The van der Waals surface area contributed by atoms with Crippen molar-refractivity contribution in [1.29, 1.82) is 0 Å². The van der Waals surface area contributed by atoms with Crippen LogP contribution < -0.4 is 5.32 Å². The molecule has 1 aliphatic heterocycles. The molecular weight excluding hydrogens is 503 g/mol. The molecule has 1 aliphatic carbocycles. The van der Waals surface area contributed by atoms with Gasteiger partial charge in [-0.2, -0.15) is 18.2 Å². The second kappa shape index (κ2) is 11.1. The van der Waals surface area contributed by atoms with Crippen LogP contribution in [0.2, 0.25) is 5.02 Å². The molecule has 0 spiro atoms. The fourth-order valence-corrected chi connectivity index (χ4v) is 5.38. The van der Waals surface area contributed by atoms with E-state index < -0.39 is 11.7 Å². The van der Waals surface area contributed by atoms with Gasteiger partial charge >= 0.3 is 6.18 Å². The summed E-state index contributed by atoms with van der Waals surface area (Å²) in [6.07, 6.45) is -1.21. The maximum atomic E-state index is 13.0. The van der Waals surface area contributed by atoms with Crippen molar-refractivity contribution in [1.82, 2.24) is 25.3 Å². The van der Waals surface area contributed by atoms with Crippen LogP contribution in [0.3, 0.4) is 0 Å². The standard InChI is InChI=1S/C27H31ClF3N5O/c28-23-7-2-5-21(17-23)26(8-3-9-26)25-33-24(37-34-25)18-32-10-11-35-12-14-36(15-13-35)19-20-4-1-6-22(16-20)27(29,30)31/h1-2,4-7,16-17,32H,3,8-15,18-19H2. The zero-order valence-corrected chi connectivity index (χ0v) is 21.4. The van der Waals surface area contributed by atoms with Crippen molar-refractivity contribution in [2.75, 3.05) is 39.3 Å². The van der Waals surface area contributed by atoms with Crippen molar-refractivity contribution in [3.8, 4) is 0 Å². The molecule has 1 aromatic heterocycles. The van der Waals surface area contributed by atoms with Crippen molar-refractivity contribution in [3.63, 3.8) is 0 Å². The van der Waals surface area contributed by atoms with Crippen LogP contribution in [0.1, 0.15) is 47.7 Å². The molecule has 0 atom stereocenters. The van der Waals surface area contributed by atoms with E-state index in [2.05, 4.69) is 26.3 Å². The van der Waals surface area contributed by atoms with Crippen molar-refractivity contribution in [3.05, 3.63) is 82.0 Å².